The lowest BCUT2D eigenvalue weighted by molar-refractivity contribution is -0.139. The molecule has 1 atom stereocenters. The van der Waals surface area contributed by atoms with E-state index in [1.165, 1.54) is 4.90 Å². The van der Waals surface area contributed by atoms with Crippen LogP contribution >= 0.6 is 0 Å². The van der Waals surface area contributed by atoms with E-state index < -0.39 is 18.0 Å². The summed E-state index contributed by atoms with van der Waals surface area (Å²) in [4.78, 5) is 24.1. The minimum atomic E-state index is -1.14. The van der Waals surface area contributed by atoms with E-state index in [0.29, 0.717) is 0 Å². The van der Waals surface area contributed by atoms with Crippen LogP contribution in [0.3, 0.4) is 0 Å². The van der Waals surface area contributed by atoms with Gasteiger partial charge in [0.25, 0.3) is 0 Å². The van der Waals surface area contributed by atoms with Crippen molar-refractivity contribution in [1.29, 1.82) is 0 Å². The molecule has 0 bridgehead atoms. The second kappa shape index (κ2) is 6.44. The summed E-state index contributed by atoms with van der Waals surface area (Å²) in [5.74, 6) is -1.14. The topological polar surface area (TPSA) is 89.9 Å². The Bertz CT molecular complexity index is 279. The van der Waals surface area contributed by atoms with Crippen LogP contribution in [-0.2, 0) is 4.79 Å². The minimum Gasteiger partial charge on any atom is -0.480 e. The zero-order valence-electron chi connectivity index (χ0n) is 10.9. The third kappa shape index (κ3) is 4.60. The number of aliphatic hydroxyl groups excluding tert-OH is 1. The summed E-state index contributed by atoms with van der Waals surface area (Å²) >= 11 is 0. The van der Waals surface area contributed by atoms with Gasteiger partial charge >= 0.3 is 12.0 Å². The van der Waals surface area contributed by atoms with E-state index in [0.717, 1.165) is 6.42 Å². The second-order valence-corrected chi connectivity index (χ2v) is 4.58. The van der Waals surface area contributed by atoms with Gasteiger partial charge in [-0.3, -0.25) is 0 Å². The normalized spacial score (nSPS) is 13.0. The van der Waals surface area contributed by atoms with E-state index in [1.54, 1.807) is 7.05 Å². The molecule has 0 spiro atoms. The number of carboxylic acid groups (broad SMARTS) is 1. The first-order valence-corrected chi connectivity index (χ1v) is 5.64. The van der Waals surface area contributed by atoms with E-state index in [-0.39, 0.29) is 18.6 Å². The summed E-state index contributed by atoms with van der Waals surface area (Å²) < 4.78 is 0. The van der Waals surface area contributed by atoms with Crippen molar-refractivity contribution in [1.82, 2.24) is 10.2 Å². The molecule has 6 heteroatoms. The van der Waals surface area contributed by atoms with Gasteiger partial charge in [0.15, 0.2) is 0 Å². The molecule has 17 heavy (non-hydrogen) atoms. The van der Waals surface area contributed by atoms with Crippen LogP contribution < -0.4 is 5.32 Å². The molecular weight excluding hydrogens is 224 g/mol. The number of hydrogen-bond donors (Lipinski definition) is 3. The van der Waals surface area contributed by atoms with Crippen molar-refractivity contribution in [2.24, 2.45) is 0 Å². The van der Waals surface area contributed by atoms with Gasteiger partial charge in [-0.05, 0) is 20.3 Å². The Hall–Kier alpha value is -1.30. The minimum absolute atomic E-state index is 0.00146. The first kappa shape index (κ1) is 15.7. The molecular formula is C11H22N2O4. The Morgan fingerprint density at radius 3 is 2.29 bits per heavy atom. The third-order valence-corrected chi connectivity index (χ3v) is 3.09. The molecule has 0 saturated carbocycles. The Morgan fingerprint density at radius 2 is 1.94 bits per heavy atom. The molecule has 0 heterocycles. The van der Waals surface area contributed by atoms with Crippen LogP contribution in [0, 0.1) is 0 Å². The van der Waals surface area contributed by atoms with E-state index in [9.17, 15) is 9.59 Å². The second-order valence-electron chi connectivity index (χ2n) is 4.58. The molecule has 0 aliphatic rings. The lowest BCUT2D eigenvalue weighted by Crippen LogP contribution is -2.53. The molecule has 3 N–H and O–H groups in total. The molecule has 100 valence electrons. The highest BCUT2D eigenvalue weighted by Crippen LogP contribution is 2.16. The average Bonchev–Trinajstić information content (AvgIpc) is 2.27. The number of rotatable bonds is 6. The molecule has 0 radical (unpaired) electrons. The van der Waals surface area contributed by atoms with Gasteiger partial charge in [-0.1, -0.05) is 6.92 Å². The summed E-state index contributed by atoms with van der Waals surface area (Å²) in [6.45, 7) is 5.47. The van der Waals surface area contributed by atoms with Gasteiger partial charge < -0.3 is 20.4 Å². The zero-order valence-corrected chi connectivity index (χ0v) is 10.9. The molecule has 6 nitrogen and oxygen atoms in total. The standard InChI is InChI=1S/C11H22N2O4/c1-5-11(2,3)13(4)10(17)12-8(6-7-14)9(15)16/h8,14H,5-7H2,1-4H3,(H,12,17)(H,15,16)/t8-/m1/s1. The molecule has 0 aromatic rings. The maximum Gasteiger partial charge on any atom is 0.326 e. The van der Waals surface area contributed by atoms with E-state index in [1.807, 2.05) is 20.8 Å². The smallest absolute Gasteiger partial charge is 0.326 e. The van der Waals surface area contributed by atoms with Crippen LogP contribution in [0.5, 0.6) is 0 Å². The van der Waals surface area contributed by atoms with Crippen LogP contribution in [0.2, 0.25) is 0 Å². The number of carbonyl (C=O) groups is 2. The van der Waals surface area contributed by atoms with Crippen LogP contribution in [0.25, 0.3) is 0 Å². The lowest BCUT2D eigenvalue weighted by atomic mass is 10.0. The van der Waals surface area contributed by atoms with Crippen molar-refractivity contribution >= 4 is 12.0 Å². The highest BCUT2D eigenvalue weighted by Gasteiger charge is 2.28. The van der Waals surface area contributed by atoms with Crippen molar-refractivity contribution in [3.05, 3.63) is 0 Å². The number of hydrogen-bond acceptors (Lipinski definition) is 3. The van der Waals surface area contributed by atoms with E-state index in [2.05, 4.69) is 5.32 Å². The highest BCUT2D eigenvalue weighted by molar-refractivity contribution is 5.82. The van der Waals surface area contributed by atoms with Crippen molar-refractivity contribution in [2.45, 2.75) is 45.2 Å². The zero-order chi connectivity index (χ0) is 13.6. The van der Waals surface area contributed by atoms with Gasteiger partial charge in [-0.25, -0.2) is 9.59 Å². The van der Waals surface area contributed by atoms with Crippen molar-refractivity contribution in [3.63, 3.8) is 0 Å². The van der Waals surface area contributed by atoms with Gasteiger partial charge in [0.2, 0.25) is 0 Å². The summed E-state index contributed by atoms with van der Waals surface area (Å²) in [5.41, 5.74) is -0.341. The van der Waals surface area contributed by atoms with Gasteiger partial charge in [0.1, 0.15) is 6.04 Å². The summed E-state index contributed by atoms with van der Waals surface area (Å²) in [7, 11) is 1.62. The number of nitrogens with zero attached hydrogens (tertiary/aromatic N) is 1. The summed E-state index contributed by atoms with van der Waals surface area (Å²) in [6.07, 6.45) is 0.760. The highest BCUT2D eigenvalue weighted by atomic mass is 16.4. The van der Waals surface area contributed by atoms with E-state index >= 15 is 0 Å². The molecule has 0 aromatic heterocycles. The number of aliphatic carboxylic acids is 1. The molecule has 0 unspecified atom stereocenters. The molecule has 0 aromatic carbocycles. The number of carboxylic acids is 1. The maximum absolute atomic E-state index is 11.8. The van der Waals surface area contributed by atoms with Gasteiger partial charge in [0.05, 0.1) is 0 Å². The molecule has 0 aliphatic heterocycles. The molecule has 2 amide bonds. The Kier molecular flexibility index (Phi) is 5.95. The lowest BCUT2D eigenvalue weighted by Gasteiger charge is -2.35. The number of amides is 2. The first-order valence-electron chi connectivity index (χ1n) is 5.64. The first-order chi connectivity index (χ1) is 7.76. The van der Waals surface area contributed by atoms with Crippen LogP contribution in [0.15, 0.2) is 0 Å². The van der Waals surface area contributed by atoms with Crippen LogP contribution in [0.4, 0.5) is 4.79 Å². The van der Waals surface area contributed by atoms with Crippen molar-refractivity contribution < 1.29 is 19.8 Å². The quantitative estimate of drug-likeness (QED) is 0.642. The number of urea groups is 1. The molecule has 0 rings (SSSR count). The fourth-order valence-electron chi connectivity index (χ4n) is 1.14. The monoisotopic (exact) mass is 246 g/mol. The number of aliphatic hydroxyl groups is 1. The predicted octanol–water partition coefficient (Wildman–Crippen LogP) is 0.652. The predicted molar refractivity (Wildman–Crippen MR) is 63.8 cm³/mol. The van der Waals surface area contributed by atoms with Gasteiger partial charge in [-0.15, -0.1) is 0 Å². The largest absolute Gasteiger partial charge is 0.480 e. The number of carbonyl (C=O) groups excluding carboxylic acids is 1. The van der Waals surface area contributed by atoms with Crippen LogP contribution in [-0.4, -0.2) is 52.3 Å². The molecule has 0 fully saturated rings. The fourth-order valence-corrected chi connectivity index (χ4v) is 1.14. The Labute approximate surface area is 102 Å². The SMILES string of the molecule is CCC(C)(C)N(C)C(=O)N[C@H](CCO)C(=O)O. The Balaban J connectivity index is 4.56. The average molecular weight is 246 g/mol. The Morgan fingerprint density at radius 1 is 1.41 bits per heavy atom. The van der Waals surface area contributed by atoms with Crippen molar-refractivity contribution in [2.75, 3.05) is 13.7 Å². The maximum atomic E-state index is 11.8. The van der Waals surface area contributed by atoms with Gasteiger partial charge in [0, 0.05) is 25.6 Å². The fraction of sp³-hybridized carbons (Fsp3) is 0.818. The molecule has 0 saturated heterocycles. The van der Waals surface area contributed by atoms with Crippen molar-refractivity contribution in [3.8, 4) is 0 Å². The van der Waals surface area contributed by atoms with Gasteiger partial charge in [-0.2, -0.15) is 0 Å². The summed E-state index contributed by atoms with van der Waals surface area (Å²) in [6, 6.07) is -1.50. The molecule has 0 aliphatic carbocycles. The van der Waals surface area contributed by atoms with E-state index in [4.69, 9.17) is 10.2 Å². The third-order valence-electron chi connectivity index (χ3n) is 3.09. The number of nitrogens with one attached hydrogen (secondary N) is 1. The summed E-state index contributed by atoms with van der Waals surface area (Å²) in [5, 5.41) is 20.0. The van der Waals surface area contributed by atoms with Crippen LogP contribution in [0.1, 0.15) is 33.6 Å².